The molecule has 0 amide bonds. The van der Waals surface area contributed by atoms with Gasteiger partial charge in [-0.2, -0.15) is 0 Å². The second-order valence-electron chi connectivity index (χ2n) is 3.43. The second-order valence-corrected chi connectivity index (χ2v) is 5.48. The Balaban J connectivity index is 2.06. The van der Waals surface area contributed by atoms with Crippen LogP contribution in [0.4, 0.5) is 0 Å². The van der Waals surface area contributed by atoms with Gasteiger partial charge in [-0.05, 0) is 11.6 Å². The first-order valence-electron chi connectivity index (χ1n) is 5.47. The van der Waals surface area contributed by atoms with Crippen LogP contribution in [0.1, 0.15) is 17.5 Å². The fourth-order valence-corrected chi connectivity index (χ4v) is 2.84. The van der Waals surface area contributed by atoms with E-state index in [-0.39, 0.29) is 6.61 Å². The molecule has 0 aliphatic heterocycles. The maximum atomic E-state index is 8.72. The van der Waals surface area contributed by atoms with Crippen LogP contribution in [-0.4, -0.2) is 21.9 Å². The van der Waals surface area contributed by atoms with Crippen molar-refractivity contribution in [2.24, 2.45) is 0 Å². The predicted octanol–water partition coefficient (Wildman–Crippen LogP) is 2.56. The molecule has 0 aliphatic rings. The van der Waals surface area contributed by atoms with Gasteiger partial charge in [0.1, 0.15) is 5.51 Å². The molecule has 0 saturated carbocycles. The zero-order valence-corrected chi connectivity index (χ0v) is 11.3. The lowest BCUT2D eigenvalue weighted by Crippen LogP contribution is -1.87. The third-order valence-electron chi connectivity index (χ3n) is 2.17. The highest BCUT2D eigenvalue weighted by Gasteiger charge is 2.02. The standard InChI is InChI=1S/C13H12N2OS2/c16-8-4-3-6-11-5-1-2-7-12(11)9-17-13-15-14-10-18-13/h1-2,5,7,10,16H,4,8-9H2. The highest BCUT2D eigenvalue weighted by Crippen LogP contribution is 2.24. The highest BCUT2D eigenvalue weighted by molar-refractivity contribution is 8.00. The minimum absolute atomic E-state index is 0.106. The molecule has 0 unspecified atom stereocenters. The Labute approximate surface area is 114 Å². The van der Waals surface area contributed by atoms with E-state index in [2.05, 4.69) is 28.1 Å². The highest BCUT2D eigenvalue weighted by atomic mass is 32.2. The maximum absolute atomic E-state index is 8.72. The van der Waals surface area contributed by atoms with Crippen LogP contribution in [-0.2, 0) is 5.75 Å². The zero-order valence-electron chi connectivity index (χ0n) is 9.67. The van der Waals surface area contributed by atoms with E-state index in [1.165, 1.54) is 5.56 Å². The number of aromatic nitrogens is 2. The molecule has 2 aromatic rings. The minimum atomic E-state index is 0.106. The number of nitrogens with zero attached hydrogens (tertiary/aromatic N) is 2. The number of hydrogen-bond acceptors (Lipinski definition) is 5. The average Bonchev–Trinajstić information content (AvgIpc) is 2.91. The van der Waals surface area contributed by atoms with E-state index in [4.69, 9.17) is 5.11 Å². The molecule has 3 nitrogen and oxygen atoms in total. The van der Waals surface area contributed by atoms with Gasteiger partial charge in [0.15, 0.2) is 4.34 Å². The van der Waals surface area contributed by atoms with Crippen molar-refractivity contribution in [1.82, 2.24) is 10.2 Å². The van der Waals surface area contributed by atoms with Gasteiger partial charge in [0.05, 0.1) is 6.61 Å². The van der Waals surface area contributed by atoms with Gasteiger partial charge in [-0.3, -0.25) is 0 Å². The van der Waals surface area contributed by atoms with Crippen molar-refractivity contribution in [3.63, 3.8) is 0 Å². The summed E-state index contributed by atoms with van der Waals surface area (Å²) in [5.74, 6) is 6.87. The van der Waals surface area contributed by atoms with Crippen molar-refractivity contribution in [3.8, 4) is 11.8 Å². The topological polar surface area (TPSA) is 46.0 Å². The number of thioether (sulfide) groups is 1. The maximum Gasteiger partial charge on any atom is 0.174 e. The normalized spacial score (nSPS) is 9.83. The van der Waals surface area contributed by atoms with E-state index in [1.807, 2.05) is 18.2 Å². The van der Waals surface area contributed by atoms with Crippen LogP contribution in [0.2, 0.25) is 0 Å². The van der Waals surface area contributed by atoms with Crippen LogP contribution >= 0.6 is 23.1 Å². The SMILES string of the molecule is OCCC#Cc1ccccc1CSc1nncs1. The smallest absolute Gasteiger partial charge is 0.174 e. The first-order chi connectivity index (χ1) is 8.90. The number of rotatable bonds is 4. The molecule has 1 heterocycles. The van der Waals surface area contributed by atoms with Crippen molar-refractivity contribution >= 4 is 23.1 Å². The molecule has 92 valence electrons. The van der Waals surface area contributed by atoms with Crippen LogP contribution in [0.5, 0.6) is 0 Å². The van der Waals surface area contributed by atoms with E-state index >= 15 is 0 Å². The Kier molecular flexibility index (Phi) is 5.21. The monoisotopic (exact) mass is 276 g/mol. The molecule has 0 bridgehead atoms. The molecular formula is C13H12N2OS2. The van der Waals surface area contributed by atoms with E-state index in [9.17, 15) is 0 Å². The fourth-order valence-electron chi connectivity index (χ4n) is 1.35. The molecule has 0 spiro atoms. The Morgan fingerprint density at radius 2 is 2.22 bits per heavy atom. The van der Waals surface area contributed by atoms with E-state index in [0.717, 1.165) is 15.7 Å². The number of hydrogen-bond donors (Lipinski definition) is 1. The van der Waals surface area contributed by atoms with Crippen LogP contribution in [0.3, 0.4) is 0 Å². The van der Waals surface area contributed by atoms with Gasteiger partial charge in [-0.1, -0.05) is 53.1 Å². The summed E-state index contributed by atoms with van der Waals surface area (Å²) in [7, 11) is 0. The Bertz CT molecular complexity index is 544. The van der Waals surface area contributed by atoms with Crippen molar-refractivity contribution in [3.05, 3.63) is 40.9 Å². The summed E-state index contributed by atoms with van der Waals surface area (Å²) < 4.78 is 0.966. The predicted molar refractivity (Wildman–Crippen MR) is 74.5 cm³/mol. The van der Waals surface area contributed by atoms with Crippen molar-refractivity contribution < 1.29 is 5.11 Å². The van der Waals surface area contributed by atoms with Crippen LogP contribution in [0, 0.1) is 11.8 Å². The van der Waals surface area contributed by atoms with Crippen LogP contribution in [0.15, 0.2) is 34.1 Å². The Morgan fingerprint density at radius 3 is 3.00 bits per heavy atom. The molecule has 0 aliphatic carbocycles. The summed E-state index contributed by atoms with van der Waals surface area (Å²) in [4.78, 5) is 0. The second kappa shape index (κ2) is 7.17. The van der Waals surface area contributed by atoms with Crippen LogP contribution in [0.25, 0.3) is 0 Å². The molecule has 0 saturated heterocycles. The van der Waals surface area contributed by atoms with Gasteiger partial charge in [0.2, 0.25) is 0 Å². The third-order valence-corrected chi connectivity index (χ3v) is 4.08. The number of aliphatic hydroxyl groups is 1. The van der Waals surface area contributed by atoms with Crippen molar-refractivity contribution in [1.29, 1.82) is 0 Å². The fraction of sp³-hybridized carbons (Fsp3) is 0.231. The average molecular weight is 276 g/mol. The summed E-state index contributed by atoms with van der Waals surface area (Å²) in [6, 6.07) is 8.05. The molecule has 0 radical (unpaired) electrons. The molecule has 18 heavy (non-hydrogen) atoms. The van der Waals surface area contributed by atoms with Gasteiger partial charge in [0, 0.05) is 17.7 Å². The first-order valence-corrected chi connectivity index (χ1v) is 7.33. The Morgan fingerprint density at radius 1 is 1.33 bits per heavy atom. The summed E-state index contributed by atoms with van der Waals surface area (Å²) in [6.07, 6.45) is 0.512. The van der Waals surface area contributed by atoms with Crippen molar-refractivity contribution in [2.75, 3.05) is 6.61 Å². The molecule has 1 aromatic heterocycles. The first kappa shape index (κ1) is 13.1. The lowest BCUT2D eigenvalue weighted by molar-refractivity contribution is 0.305. The van der Waals surface area contributed by atoms with Gasteiger partial charge >= 0.3 is 0 Å². The lowest BCUT2D eigenvalue weighted by Gasteiger charge is -2.02. The molecular weight excluding hydrogens is 264 g/mol. The zero-order chi connectivity index (χ0) is 12.6. The molecule has 1 N–H and O–H groups in total. The Hall–Kier alpha value is -1.35. The third kappa shape index (κ3) is 3.84. The number of benzene rings is 1. The van der Waals surface area contributed by atoms with Crippen molar-refractivity contribution in [2.45, 2.75) is 16.5 Å². The summed E-state index contributed by atoms with van der Waals surface area (Å²) in [5, 5.41) is 16.5. The summed E-state index contributed by atoms with van der Waals surface area (Å²) in [6.45, 7) is 0.106. The van der Waals surface area contributed by atoms with Gasteiger partial charge in [0.25, 0.3) is 0 Å². The molecule has 1 aromatic carbocycles. The summed E-state index contributed by atoms with van der Waals surface area (Å²) in [5.41, 5.74) is 3.93. The number of aliphatic hydroxyl groups excluding tert-OH is 1. The van der Waals surface area contributed by atoms with E-state index < -0.39 is 0 Å². The van der Waals surface area contributed by atoms with Gasteiger partial charge < -0.3 is 5.11 Å². The largest absolute Gasteiger partial charge is 0.395 e. The quantitative estimate of drug-likeness (QED) is 0.688. The minimum Gasteiger partial charge on any atom is -0.395 e. The molecule has 5 heteroatoms. The van der Waals surface area contributed by atoms with Crippen LogP contribution < -0.4 is 0 Å². The van der Waals surface area contributed by atoms with E-state index in [1.54, 1.807) is 28.6 Å². The molecule has 0 atom stereocenters. The summed E-state index contributed by atoms with van der Waals surface area (Å²) >= 11 is 3.20. The molecule has 0 fully saturated rings. The van der Waals surface area contributed by atoms with Gasteiger partial charge in [-0.15, -0.1) is 10.2 Å². The molecule has 2 rings (SSSR count). The lowest BCUT2D eigenvalue weighted by atomic mass is 10.1. The van der Waals surface area contributed by atoms with E-state index in [0.29, 0.717) is 6.42 Å². The van der Waals surface area contributed by atoms with Gasteiger partial charge in [-0.25, -0.2) is 0 Å².